The Morgan fingerprint density at radius 1 is 1.23 bits per heavy atom. The molecule has 0 spiro atoms. The van der Waals surface area contributed by atoms with Gasteiger partial charge in [-0.25, -0.2) is 8.78 Å². The molecule has 1 N–H and O–H groups in total. The number of benzene rings is 2. The Labute approximate surface area is 160 Å². The van der Waals surface area contributed by atoms with Crippen molar-refractivity contribution < 1.29 is 13.6 Å². The summed E-state index contributed by atoms with van der Waals surface area (Å²) in [5.41, 5.74) is 1.41. The minimum absolute atomic E-state index is 0.130. The molecule has 0 saturated carbocycles. The van der Waals surface area contributed by atoms with E-state index in [1.165, 1.54) is 5.69 Å². The predicted molar refractivity (Wildman–Crippen MR) is 102 cm³/mol. The third-order valence-corrected chi connectivity index (χ3v) is 5.17. The fourth-order valence-electron chi connectivity index (χ4n) is 3.24. The summed E-state index contributed by atoms with van der Waals surface area (Å²) in [5.74, 6) is -0.696. The Bertz CT molecular complexity index is 784. The van der Waals surface area contributed by atoms with E-state index in [0.717, 1.165) is 42.2 Å². The number of halogens is 3. The van der Waals surface area contributed by atoms with E-state index in [9.17, 15) is 13.6 Å². The summed E-state index contributed by atoms with van der Waals surface area (Å²) in [6, 6.07) is 11.5. The van der Waals surface area contributed by atoms with Crippen LogP contribution in [0.3, 0.4) is 0 Å². The highest BCUT2D eigenvalue weighted by atomic mass is 79.9. The Morgan fingerprint density at radius 2 is 2.08 bits per heavy atom. The normalized spacial score (nSPS) is 16.7. The van der Waals surface area contributed by atoms with E-state index >= 15 is 0 Å². The van der Waals surface area contributed by atoms with Gasteiger partial charge in [-0.1, -0.05) is 22.0 Å². The summed E-state index contributed by atoms with van der Waals surface area (Å²) in [5, 5.41) is 2.92. The third kappa shape index (κ3) is 5.04. The molecule has 1 saturated heterocycles. The minimum atomic E-state index is -0.486. The number of nitrogens with zero attached hydrogens (tertiary/aromatic N) is 1. The van der Waals surface area contributed by atoms with Crippen molar-refractivity contribution in [2.75, 3.05) is 24.5 Å². The van der Waals surface area contributed by atoms with Crippen LogP contribution < -0.4 is 10.2 Å². The number of amides is 1. The Hall–Kier alpha value is -1.95. The Balaban J connectivity index is 1.43. The Morgan fingerprint density at radius 3 is 2.88 bits per heavy atom. The molecule has 0 radical (unpaired) electrons. The average Bonchev–Trinajstić information content (AvgIpc) is 3.10. The van der Waals surface area contributed by atoms with Crippen molar-refractivity contribution >= 4 is 27.5 Å². The minimum Gasteiger partial charge on any atom is -0.371 e. The van der Waals surface area contributed by atoms with Crippen LogP contribution in [-0.2, 0) is 11.2 Å². The van der Waals surface area contributed by atoms with Crippen molar-refractivity contribution in [2.45, 2.75) is 19.3 Å². The fraction of sp³-hybridized carbons (Fsp3) is 0.350. The number of carbonyl (C=O) groups excluding carboxylic acids is 1. The first-order valence-electron chi connectivity index (χ1n) is 8.72. The van der Waals surface area contributed by atoms with Crippen molar-refractivity contribution in [3.8, 4) is 0 Å². The smallest absolute Gasteiger partial charge is 0.220 e. The molecule has 6 heteroatoms. The summed E-state index contributed by atoms with van der Waals surface area (Å²) in [7, 11) is 0. The SMILES string of the molecule is O=C(CCc1cc(F)ccc1F)NCC1CCN(c2cccc(Br)c2)C1. The van der Waals surface area contributed by atoms with Gasteiger partial charge in [-0.05, 0) is 60.7 Å². The maximum atomic E-state index is 13.6. The molecule has 1 aliphatic rings. The van der Waals surface area contributed by atoms with Crippen molar-refractivity contribution in [3.63, 3.8) is 0 Å². The predicted octanol–water partition coefficient (Wildman–Crippen LogP) is 4.30. The lowest BCUT2D eigenvalue weighted by Crippen LogP contribution is -2.31. The van der Waals surface area contributed by atoms with E-state index in [-0.39, 0.29) is 24.3 Å². The summed E-state index contributed by atoms with van der Waals surface area (Å²) in [6.45, 7) is 2.47. The van der Waals surface area contributed by atoms with Crippen LogP contribution in [0.5, 0.6) is 0 Å². The molecule has 0 bridgehead atoms. The monoisotopic (exact) mass is 422 g/mol. The zero-order valence-corrected chi connectivity index (χ0v) is 15.9. The molecular weight excluding hydrogens is 402 g/mol. The third-order valence-electron chi connectivity index (χ3n) is 4.68. The number of hydrogen-bond acceptors (Lipinski definition) is 2. The van der Waals surface area contributed by atoms with Gasteiger partial charge in [-0.2, -0.15) is 0 Å². The molecule has 0 aliphatic carbocycles. The maximum absolute atomic E-state index is 13.6. The molecule has 2 aromatic rings. The zero-order valence-electron chi connectivity index (χ0n) is 14.4. The van der Waals surface area contributed by atoms with Crippen molar-refractivity contribution in [3.05, 3.63) is 64.1 Å². The summed E-state index contributed by atoms with van der Waals surface area (Å²) in [4.78, 5) is 14.3. The van der Waals surface area contributed by atoms with Gasteiger partial charge in [0.15, 0.2) is 0 Å². The van der Waals surface area contributed by atoms with Gasteiger partial charge in [-0.3, -0.25) is 4.79 Å². The van der Waals surface area contributed by atoms with E-state index < -0.39 is 11.6 Å². The lowest BCUT2D eigenvalue weighted by Gasteiger charge is -2.19. The van der Waals surface area contributed by atoms with Crippen LogP contribution in [0.2, 0.25) is 0 Å². The summed E-state index contributed by atoms with van der Waals surface area (Å²) in [6.07, 6.45) is 1.37. The maximum Gasteiger partial charge on any atom is 0.220 e. The standard InChI is InChI=1S/C20H21BrF2N2O/c21-16-2-1-3-18(11-16)25-9-8-14(13-25)12-24-20(26)7-4-15-10-17(22)5-6-19(15)23/h1-3,5-6,10-11,14H,4,7-9,12-13H2,(H,24,26). The lowest BCUT2D eigenvalue weighted by molar-refractivity contribution is -0.121. The van der Waals surface area contributed by atoms with Crippen LogP contribution in [0.15, 0.2) is 46.9 Å². The van der Waals surface area contributed by atoms with Gasteiger partial charge in [0, 0.05) is 36.2 Å². The topological polar surface area (TPSA) is 32.3 Å². The highest BCUT2D eigenvalue weighted by molar-refractivity contribution is 9.10. The molecule has 1 fully saturated rings. The van der Waals surface area contributed by atoms with Gasteiger partial charge >= 0.3 is 0 Å². The van der Waals surface area contributed by atoms with E-state index in [2.05, 4.69) is 38.3 Å². The molecule has 26 heavy (non-hydrogen) atoms. The first-order valence-corrected chi connectivity index (χ1v) is 9.51. The largest absolute Gasteiger partial charge is 0.371 e. The van der Waals surface area contributed by atoms with Gasteiger partial charge < -0.3 is 10.2 Å². The number of carbonyl (C=O) groups is 1. The molecule has 138 valence electrons. The average molecular weight is 423 g/mol. The second-order valence-electron chi connectivity index (χ2n) is 6.62. The molecular formula is C20H21BrF2N2O. The van der Waals surface area contributed by atoms with Crippen molar-refractivity contribution in [1.29, 1.82) is 0 Å². The van der Waals surface area contributed by atoms with Crippen LogP contribution in [0.1, 0.15) is 18.4 Å². The van der Waals surface area contributed by atoms with E-state index in [4.69, 9.17) is 0 Å². The fourth-order valence-corrected chi connectivity index (χ4v) is 3.62. The molecule has 1 amide bonds. The van der Waals surface area contributed by atoms with Gasteiger partial charge in [-0.15, -0.1) is 0 Å². The highest BCUT2D eigenvalue weighted by Crippen LogP contribution is 2.26. The molecule has 1 aliphatic heterocycles. The van der Waals surface area contributed by atoms with Crippen LogP contribution in [0, 0.1) is 17.6 Å². The quantitative estimate of drug-likeness (QED) is 0.752. The zero-order chi connectivity index (χ0) is 18.5. The number of rotatable bonds is 6. The van der Waals surface area contributed by atoms with Crippen LogP contribution >= 0.6 is 15.9 Å². The van der Waals surface area contributed by atoms with Crippen molar-refractivity contribution in [2.24, 2.45) is 5.92 Å². The van der Waals surface area contributed by atoms with E-state index in [1.807, 2.05) is 12.1 Å². The molecule has 0 aromatic heterocycles. The van der Waals surface area contributed by atoms with Gasteiger partial charge in [0.25, 0.3) is 0 Å². The molecule has 2 aromatic carbocycles. The highest BCUT2D eigenvalue weighted by Gasteiger charge is 2.23. The lowest BCUT2D eigenvalue weighted by atomic mass is 10.1. The molecule has 1 heterocycles. The first kappa shape index (κ1) is 18.8. The molecule has 3 nitrogen and oxygen atoms in total. The van der Waals surface area contributed by atoms with Gasteiger partial charge in [0.1, 0.15) is 11.6 Å². The first-order chi connectivity index (χ1) is 12.5. The number of anilines is 1. The van der Waals surface area contributed by atoms with Gasteiger partial charge in [0.05, 0.1) is 0 Å². The molecule has 1 unspecified atom stereocenters. The Kier molecular flexibility index (Phi) is 6.25. The number of nitrogens with one attached hydrogen (secondary N) is 1. The van der Waals surface area contributed by atoms with E-state index in [0.29, 0.717) is 12.5 Å². The number of hydrogen-bond donors (Lipinski definition) is 1. The van der Waals surface area contributed by atoms with Crippen LogP contribution in [0.4, 0.5) is 14.5 Å². The summed E-state index contributed by atoms with van der Waals surface area (Å²) < 4.78 is 27.8. The van der Waals surface area contributed by atoms with E-state index in [1.54, 1.807) is 0 Å². The van der Waals surface area contributed by atoms with Crippen molar-refractivity contribution in [1.82, 2.24) is 5.32 Å². The number of aryl methyl sites for hydroxylation is 1. The molecule has 1 atom stereocenters. The second-order valence-corrected chi connectivity index (χ2v) is 7.54. The molecule has 3 rings (SSSR count). The van der Waals surface area contributed by atoms with Crippen LogP contribution in [-0.4, -0.2) is 25.5 Å². The second kappa shape index (κ2) is 8.62. The van der Waals surface area contributed by atoms with Crippen LogP contribution in [0.25, 0.3) is 0 Å². The van der Waals surface area contributed by atoms with Gasteiger partial charge in [0.2, 0.25) is 5.91 Å². The summed E-state index contributed by atoms with van der Waals surface area (Å²) >= 11 is 3.49.